The van der Waals surface area contributed by atoms with Gasteiger partial charge in [0.1, 0.15) is 0 Å². The van der Waals surface area contributed by atoms with Crippen molar-refractivity contribution >= 4 is 56.7 Å². The molecule has 0 radical (unpaired) electrons. The van der Waals surface area contributed by atoms with Gasteiger partial charge >= 0.3 is 0 Å². The number of fused-ring (bicyclic) bond motifs is 2. The number of imide groups is 1. The van der Waals surface area contributed by atoms with Gasteiger partial charge in [0.25, 0.3) is 11.8 Å². The Kier molecular flexibility index (Phi) is 5.47. The van der Waals surface area contributed by atoms with Crippen LogP contribution in [0.1, 0.15) is 33.6 Å². The van der Waals surface area contributed by atoms with Crippen LogP contribution in [0, 0.1) is 0 Å². The number of carbonyl (C=O) groups excluding carboxylic acids is 3. The molecule has 0 bridgehead atoms. The fraction of sp³-hybridized carbons (Fsp3) is 0.273. The van der Waals surface area contributed by atoms with Gasteiger partial charge in [-0.1, -0.05) is 23.9 Å². The molecule has 1 aromatic heterocycles. The molecular weight excluding hydrogens is 434 g/mol. The molecule has 3 amide bonds. The van der Waals surface area contributed by atoms with E-state index in [1.807, 2.05) is 0 Å². The number of carbonyl (C=O) groups is 3. The predicted molar refractivity (Wildman–Crippen MR) is 120 cm³/mol. The van der Waals surface area contributed by atoms with Crippen molar-refractivity contribution < 1.29 is 19.1 Å². The number of hydrogen-bond acceptors (Lipinski definition) is 7. The lowest BCUT2D eigenvalue weighted by Gasteiger charge is -2.13. The maximum Gasteiger partial charge on any atom is 0.266 e. The first-order chi connectivity index (χ1) is 15.1. The van der Waals surface area contributed by atoms with Gasteiger partial charge in [0.05, 0.1) is 38.9 Å². The molecule has 0 saturated carbocycles. The molecule has 0 spiro atoms. The molecule has 1 fully saturated rings. The van der Waals surface area contributed by atoms with Gasteiger partial charge in [0.2, 0.25) is 5.91 Å². The molecule has 2 aliphatic heterocycles. The summed E-state index contributed by atoms with van der Waals surface area (Å²) in [7, 11) is 0. The lowest BCUT2D eigenvalue weighted by Crippen LogP contribution is -2.32. The molecule has 0 aliphatic carbocycles. The standard InChI is InChI=1S/C22H19N3O4S2/c26-19(23-11-14-4-3-9-29-14)12-30-22-24-17-8-7-13(10-18(17)31-22)25-20(27)15-5-1-2-6-16(15)21(25)28/h1-2,5-8,10,14H,3-4,9,11-12H2,(H,23,26). The van der Waals surface area contributed by atoms with E-state index in [2.05, 4.69) is 10.3 Å². The quantitative estimate of drug-likeness (QED) is 0.454. The number of nitrogens with one attached hydrogen (secondary N) is 1. The Labute approximate surface area is 186 Å². The molecule has 1 N–H and O–H groups in total. The van der Waals surface area contributed by atoms with Crippen molar-refractivity contribution in [3.63, 3.8) is 0 Å². The van der Waals surface area contributed by atoms with Crippen LogP contribution in [-0.4, -0.2) is 47.7 Å². The van der Waals surface area contributed by atoms with Crippen molar-refractivity contribution in [2.24, 2.45) is 0 Å². The largest absolute Gasteiger partial charge is 0.376 e. The molecule has 5 rings (SSSR count). The van der Waals surface area contributed by atoms with Gasteiger partial charge in [-0.05, 0) is 43.2 Å². The Morgan fingerprint density at radius 3 is 2.68 bits per heavy atom. The SMILES string of the molecule is O=C(CSc1nc2ccc(N3C(=O)c4ccccc4C3=O)cc2s1)NCC1CCCO1. The Morgan fingerprint density at radius 1 is 1.19 bits per heavy atom. The van der Waals surface area contributed by atoms with Gasteiger partial charge in [-0.25, -0.2) is 9.88 Å². The minimum Gasteiger partial charge on any atom is -0.376 e. The monoisotopic (exact) mass is 453 g/mol. The molecule has 31 heavy (non-hydrogen) atoms. The van der Waals surface area contributed by atoms with E-state index in [1.54, 1.807) is 42.5 Å². The van der Waals surface area contributed by atoms with E-state index >= 15 is 0 Å². The van der Waals surface area contributed by atoms with Crippen LogP contribution in [0.2, 0.25) is 0 Å². The van der Waals surface area contributed by atoms with E-state index in [1.165, 1.54) is 28.0 Å². The van der Waals surface area contributed by atoms with Crippen molar-refractivity contribution in [3.05, 3.63) is 53.6 Å². The van der Waals surface area contributed by atoms with E-state index < -0.39 is 0 Å². The van der Waals surface area contributed by atoms with Crippen LogP contribution in [-0.2, 0) is 9.53 Å². The van der Waals surface area contributed by atoms with E-state index in [4.69, 9.17) is 4.74 Å². The number of thioether (sulfide) groups is 1. The summed E-state index contributed by atoms with van der Waals surface area (Å²) in [5.41, 5.74) is 2.13. The summed E-state index contributed by atoms with van der Waals surface area (Å²) in [4.78, 5) is 43.3. The van der Waals surface area contributed by atoms with E-state index in [0.717, 1.165) is 34.0 Å². The molecule has 2 aliphatic rings. The highest BCUT2D eigenvalue weighted by Gasteiger charge is 2.36. The predicted octanol–water partition coefficient (Wildman–Crippen LogP) is 3.48. The van der Waals surface area contributed by atoms with Crippen LogP contribution in [0.5, 0.6) is 0 Å². The summed E-state index contributed by atoms with van der Waals surface area (Å²) in [6.07, 6.45) is 2.15. The highest BCUT2D eigenvalue weighted by molar-refractivity contribution is 8.01. The molecule has 7 nitrogen and oxygen atoms in total. The Morgan fingerprint density at radius 2 is 1.97 bits per heavy atom. The summed E-state index contributed by atoms with van der Waals surface area (Å²) >= 11 is 2.81. The van der Waals surface area contributed by atoms with E-state index in [-0.39, 0.29) is 29.6 Å². The zero-order valence-corrected chi connectivity index (χ0v) is 18.1. The Balaban J connectivity index is 1.27. The molecule has 9 heteroatoms. The summed E-state index contributed by atoms with van der Waals surface area (Å²) in [6, 6.07) is 12.2. The fourth-order valence-corrected chi connectivity index (χ4v) is 5.66. The summed E-state index contributed by atoms with van der Waals surface area (Å²) in [5, 5.41) is 2.90. The average molecular weight is 454 g/mol. The van der Waals surface area contributed by atoms with Gasteiger partial charge in [-0.15, -0.1) is 11.3 Å². The first kappa shape index (κ1) is 20.2. The van der Waals surface area contributed by atoms with Crippen molar-refractivity contribution in [1.82, 2.24) is 10.3 Å². The second-order valence-corrected chi connectivity index (χ2v) is 9.60. The fourth-order valence-electron chi connectivity index (χ4n) is 3.73. The normalized spacial score (nSPS) is 18.1. The average Bonchev–Trinajstić information content (AvgIpc) is 3.50. The maximum atomic E-state index is 12.7. The Bertz CT molecular complexity index is 1150. The molecule has 1 saturated heterocycles. The van der Waals surface area contributed by atoms with Crippen molar-refractivity contribution in [3.8, 4) is 0 Å². The molecule has 2 aromatic carbocycles. The third-order valence-corrected chi connectivity index (χ3v) is 7.44. The summed E-state index contributed by atoms with van der Waals surface area (Å²) < 4.78 is 7.13. The molecule has 158 valence electrons. The third-order valence-electron chi connectivity index (χ3n) is 5.28. The molecular formula is C22H19N3O4S2. The van der Waals surface area contributed by atoms with Crippen molar-refractivity contribution in [2.45, 2.75) is 23.3 Å². The van der Waals surface area contributed by atoms with Crippen molar-refractivity contribution in [1.29, 1.82) is 0 Å². The minimum atomic E-state index is -0.318. The van der Waals surface area contributed by atoms with E-state index in [0.29, 0.717) is 23.4 Å². The van der Waals surface area contributed by atoms with Crippen molar-refractivity contribution in [2.75, 3.05) is 23.8 Å². The summed E-state index contributed by atoms with van der Waals surface area (Å²) in [5.74, 6) is -0.409. The number of nitrogens with zero attached hydrogens (tertiary/aromatic N) is 2. The zero-order valence-electron chi connectivity index (χ0n) is 16.5. The van der Waals surface area contributed by atoms with Crippen LogP contribution in [0.25, 0.3) is 10.2 Å². The van der Waals surface area contributed by atoms with Crippen LogP contribution in [0.15, 0.2) is 46.8 Å². The van der Waals surface area contributed by atoms with Gasteiger partial charge in [0.15, 0.2) is 4.34 Å². The molecule has 3 heterocycles. The number of thiazole rings is 1. The lowest BCUT2D eigenvalue weighted by molar-refractivity contribution is -0.119. The van der Waals surface area contributed by atoms with Gasteiger partial charge < -0.3 is 10.1 Å². The second kappa shape index (κ2) is 8.41. The number of hydrogen-bond donors (Lipinski definition) is 1. The lowest BCUT2D eigenvalue weighted by atomic mass is 10.1. The number of ether oxygens (including phenoxy) is 1. The third kappa shape index (κ3) is 3.96. The van der Waals surface area contributed by atoms with Crippen LogP contribution < -0.4 is 10.2 Å². The molecule has 1 atom stereocenters. The topological polar surface area (TPSA) is 88.6 Å². The highest BCUT2D eigenvalue weighted by atomic mass is 32.2. The first-order valence-corrected chi connectivity index (χ1v) is 11.8. The summed E-state index contributed by atoms with van der Waals surface area (Å²) in [6.45, 7) is 1.31. The molecule has 1 unspecified atom stereocenters. The number of anilines is 1. The van der Waals surface area contributed by atoms with Gasteiger partial charge in [-0.3, -0.25) is 14.4 Å². The van der Waals surface area contributed by atoms with Crippen LogP contribution in [0.3, 0.4) is 0 Å². The van der Waals surface area contributed by atoms with Crippen LogP contribution in [0.4, 0.5) is 5.69 Å². The number of amides is 3. The number of aromatic nitrogens is 1. The zero-order chi connectivity index (χ0) is 21.4. The number of rotatable bonds is 6. The van der Waals surface area contributed by atoms with Gasteiger partial charge in [0, 0.05) is 13.2 Å². The highest BCUT2D eigenvalue weighted by Crippen LogP contribution is 2.34. The minimum absolute atomic E-state index is 0.0496. The maximum absolute atomic E-state index is 12.7. The smallest absolute Gasteiger partial charge is 0.266 e. The van der Waals surface area contributed by atoms with Gasteiger partial charge in [-0.2, -0.15) is 0 Å². The second-order valence-electron chi connectivity index (χ2n) is 7.35. The number of benzene rings is 2. The molecule has 3 aromatic rings. The first-order valence-electron chi connectivity index (χ1n) is 9.99. The Hall–Kier alpha value is -2.75. The van der Waals surface area contributed by atoms with E-state index in [9.17, 15) is 14.4 Å². The van der Waals surface area contributed by atoms with Crippen LogP contribution >= 0.6 is 23.1 Å².